The number of unbranched alkanes of at least 4 members (excludes halogenated alkanes) is 1. The summed E-state index contributed by atoms with van der Waals surface area (Å²) in [5, 5.41) is 0. The van der Waals surface area contributed by atoms with Crippen molar-refractivity contribution < 1.29 is 57.0 Å². The monoisotopic (exact) mass is 860 g/mol. The normalized spacial score (nSPS) is 12.6. The van der Waals surface area contributed by atoms with E-state index < -0.39 is 0 Å². The van der Waals surface area contributed by atoms with Gasteiger partial charge < -0.3 is 47.4 Å². The maximum atomic E-state index is 13.1. The Bertz CT molecular complexity index is 2130. The molecule has 0 saturated heterocycles. The second-order valence-corrected chi connectivity index (χ2v) is 15.1. The molecule has 0 aromatic heterocycles. The molecule has 0 unspecified atom stereocenters. The molecule has 0 radical (unpaired) electrons. The van der Waals surface area contributed by atoms with Crippen molar-refractivity contribution in [2.75, 3.05) is 74.2 Å². The van der Waals surface area contributed by atoms with Gasteiger partial charge in [0.25, 0.3) is 0 Å². The standard InChI is InChI=1S/2C23H26O6S/c1-5-8-28-21-14-23-22(29-9-10-30-23)13-17(21)18(24)7-6-16-19(26-3)11-15(25-2)12-20(16)27-4;1-5-6-9-28-18-13-22-19(29-14-30-22)12-16(18)17(24)8-7-15-10-20(25-2)23(27-4)21(11-15)26-3/h6-7,11-14H,5,8-10H2,1-4H3;7-8,10-13H,5-6,9,14H2,1-4H3/b7-6+;8-7+. The molecular weight excluding hydrogens is 809 g/mol. The molecule has 0 spiro atoms. The largest absolute Gasteiger partial charge is 0.496 e. The molecule has 4 aromatic rings. The highest BCUT2D eigenvalue weighted by molar-refractivity contribution is 7.99. The van der Waals surface area contributed by atoms with Crippen molar-refractivity contribution in [3.8, 4) is 57.5 Å². The van der Waals surface area contributed by atoms with Gasteiger partial charge in [0.05, 0.1) is 89.0 Å². The molecule has 6 rings (SSSR count). The minimum absolute atomic E-state index is 0.168. The van der Waals surface area contributed by atoms with E-state index in [-0.39, 0.29) is 11.6 Å². The molecule has 2 aliphatic rings. The number of fused-ring (bicyclic) bond motifs is 2. The van der Waals surface area contributed by atoms with Crippen LogP contribution >= 0.6 is 23.5 Å². The highest BCUT2D eigenvalue weighted by Crippen LogP contribution is 2.43. The molecule has 2 aliphatic heterocycles. The molecule has 0 saturated carbocycles. The van der Waals surface area contributed by atoms with E-state index in [0.29, 0.717) is 99.9 Å². The predicted octanol–water partition coefficient (Wildman–Crippen LogP) is 10.1. The number of hydrogen-bond acceptors (Lipinski definition) is 14. The van der Waals surface area contributed by atoms with Crippen LogP contribution in [0, 0.1) is 0 Å². The van der Waals surface area contributed by atoms with Crippen LogP contribution in [0.4, 0.5) is 0 Å². The molecule has 4 aromatic carbocycles. The zero-order valence-corrected chi connectivity index (χ0v) is 36.9. The lowest BCUT2D eigenvalue weighted by Gasteiger charge is -2.19. The molecule has 14 heteroatoms. The predicted molar refractivity (Wildman–Crippen MR) is 236 cm³/mol. The summed E-state index contributed by atoms with van der Waals surface area (Å²) in [5.74, 6) is 6.89. The van der Waals surface area contributed by atoms with E-state index in [9.17, 15) is 9.59 Å². The van der Waals surface area contributed by atoms with Crippen molar-refractivity contribution in [3.63, 3.8) is 0 Å². The topological polar surface area (TPSA) is 126 Å². The lowest BCUT2D eigenvalue weighted by Crippen LogP contribution is -2.10. The highest BCUT2D eigenvalue weighted by atomic mass is 32.2. The van der Waals surface area contributed by atoms with Crippen LogP contribution in [0.5, 0.6) is 57.5 Å². The summed E-state index contributed by atoms with van der Waals surface area (Å²) >= 11 is 3.29. The maximum Gasteiger partial charge on any atom is 0.203 e. The number of hydrogen-bond donors (Lipinski definition) is 0. The summed E-state index contributed by atoms with van der Waals surface area (Å²) in [6.45, 7) is 5.85. The van der Waals surface area contributed by atoms with Crippen LogP contribution in [0.3, 0.4) is 0 Å². The van der Waals surface area contributed by atoms with E-state index in [0.717, 1.165) is 40.4 Å². The second kappa shape index (κ2) is 22.7. The number of ketones is 2. The van der Waals surface area contributed by atoms with Gasteiger partial charge in [-0.2, -0.15) is 0 Å². The van der Waals surface area contributed by atoms with E-state index >= 15 is 0 Å². The molecule has 0 atom stereocenters. The third-order valence-corrected chi connectivity index (χ3v) is 11.0. The first kappa shape index (κ1) is 45.5. The number of methoxy groups -OCH3 is 6. The van der Waals surface area contributed by atoms with Gasteiger partial charge in [0.15, 0.2) is 23.1 Å². The number of allylic oxidation sites excluding steroid dienone is 2. The van der Waals surface area contributed by atoms with Crippen molar-refractivity contribution in [2.24, 2.45) is 0 Å². The Morgan fingerprint density at radius 1 is 0.600 bits per heavy atom. The van der Waals surface area contributed by atoms with Crippen molar-refractivity contribution in [2.45, 2.75) is 42.9 Å². The highest BCUT2D eigenvalue weighted by Gasteiger charge is 2.22. The minimum Gasteiger partial charge on any atom is -0.496 e. The van der Waals surface area contributed by atoms with Gasteiger partial charge >= 0.3 is 0 Å². The number of ether oxygens (including phenoxy) is 10. The molecule has 0 N–H and O–H groups in total. The summed E-state index contributed by atoms with van der Waals surface area (Å²) in [5.41, 5.74) is 2.35. The lowest BCUT2D eigenvalue weighted by molar-refractivity contribution is 0.103. The SMILES string of the molecule is CCCCOc1cc2c(cc1C(=O)/C=C/c1cc(OC)c(OC)c(OC)c1)OCS2.CCCOc1cc2c(cc1C(=O)/C=C/c1c(OC)cc(OC)cc1OC)OCCS2. The van der Waals surface area contributed by atoms with Gasteiger partial charge in [-0.1, -0.05) is 38.1 Å². The van der Waals surface area contributed by atoms with Gasteiger partial charge in [-0.15, -0.1) is 11.8 Å². The first-order valence-electron chi connectivity index (χ1n) is 19.4. The van der Waals surface area contributed by atoms with Crippen LogP contribution in [-0.2, 0) is 0 Å². The average molecular weight is 861 g/mol. The van der Waals surface area contributed by atoms with Crippen LogP contribution in [0.25, 0.3) is 12.2 Å². The Kier molecular flexibility index (Phi) is 17.2. The number of thioether (sulfide) groups is 2. The quantitative estimate of drug-likeness (QED) is 0.0504. The fourth-order valence-corrected chi connectivity index (χ4v) is 7.66. The van der Waals surface area contributed by atoms with Gasteiger partial charge in [0.2, 0.25) is 5.75 Å². The molecule has 12 nitrogen and oxygen atoms in total. The van der Waals surface area contributed by atoms with Gasteiger partial charge in [0, 0.05) is 17.9 Å². The van der Waals surface area contributed by atoms with Crippen molar-refractivity contribution in [3.05, 3.63) is 82.9 Å². The number of benzene rings is 4. The number of carbonyl (C=O) groups is 2. The summed E-state index contributed by atoms with van der Waals surface area (Å²) in [6.07, 6.45) is 9.19. The number of rotatable bonds is 19. The van der Waals surface area contributed by atoms with Gasteiger partial charge in [-0.25, -0.2) is 0 Å². The van der Waals surface area contributed by atoms with E-state index in [2.05, 4.69) is 6.92 Å². The summed E-state index contributed by atoms with van der Waals surface area (Å²) in [6, 6.07) is 14.4. The summed E-state index contributed by atoms with van der Waals surface area (Å²) in [7, 11) is 9.34. The van der Waals surface area contributed by atoms with Crippen LogP contribution in [-0.4, -0.2) is 85.7 Å². The zero-order chi connectivity index (χ0) is 43.0. The summed E-state index contributed by atoms with van der Waals surface area (Å²) < 4.78 is 55.3. The maximum absolute atomic E-state index is 13.1. The van der Waals surface area contributed by atoms with Crippen LogP contribution < -0.4 is 47.4 Å². The average Bonchev–Trinajstić information content (AvgIpc) is 3.75. The van der Waals surface area contributed by atoms with E-state index in [4.69, 9.17) is 47.4 Å². The van der Waals surface area contributed by atoms with Crippen LogP contribution in [0.2, 0.25) is 0 Å². The third kappa shape index (κ3) is 11.4. The molecule has 60 heavy (non-hydrogen) atoms. The smallest absolute Gasteiger partial charge is 0.203 e. The fraction of sp³-hybridized carbons (Fsp3) is 0.348. The zero-order valence-electron chi connectivity index (χ0n) is 35.3. The van der Waals surface area contributed by atoms with Crippen molar-refractivity contribution >= 4 is 47.2 Å². The summed E-state index contributed by atoms with van der Waals surface area (Å²) in [4.78, 5) is 28.0. The Morgan fingerprint density at radius 3 is 1.72 bits per heavy atom. The molecular formula is C46H52O12S2. The first-order chi connectivity index (χ1) is 29.2. The van der Waals surface area contributed by atoms with E-state index in [1.807, 2.05) is 19.1 Å². The Hall–Kier alpha value is -5.60. The molecule has 0 fully saturated rings. The third-order valence-electron chi connectivity index (χ3n) is 9.14. The first-order valence-corrected chi connectivity index (χ1v) is 21.4. The van der Waals surface area contributed by atoms with Gasteiger partial charge in [-0.3, -0.25) is 9.59 Å². The molecule has 0 amide bonds. The van der Waals surface area contributed by atoms with E-state index in [1.54, 1.807) is 115 Å². The molecule has 320 valence electrons. The van der Waals surface area contributed by atoms with Crippen LogP contribution in [0.1, 0.15) is 65.0 Å². The lowest BCUT2D eigenvalue weighted by atomic mass is 10.1. The van der Waals surface area contributed by atoms with E-state index in [1.165, 1.54) is 12.2 Å². The van der Waals surface area contributed by atoms with Crippen molar-refractivity contribution in [1.29, 1.82) is 0 Å². The second-order valence-electron chi connectivity index (χ2n) is 13.0. The fourth-order valence-electron chi connectivity index (χ4n) is 6.06. The Balaban J connectivity index is 0.000000228. The molecule has 0 bridgehead atoms. The Morgan fingerprint density at radius 2 is 1.17 bits per heavy atom. The van der Waals surface area contributed by atoms with Gasteiger partial charge in [0.1, 0.15) is 46.2 Å². The van der Waals surface area contributed by atoms with Gasteiger partial charge in [-0.05, 0) is 73.0 Å². The molecule has 2 heterocycles. The van der Waals surface area contributed by atoms with Crippen LogP contribution in [0.15, 0.2) is 70.5 Å². The number of carbonyl (C=O) groups excluding carboxylic acids is 2. The van der Waals surface area contributed by atoms with Crippen molar-refractivity contribution in [1.82, 2.24) is 0 Å². The Labute approximate surface area is 360 Å². The molecule has 0 aliphatic carbocycles. The minimum atomic E-state index is -0.192.